The van der Waals surface area contributed by atoms with Crippen LogP contribution in [0.4, 0.5) is 0 Å². The highest BCUT2D eigenvalue weighted by molar-refractivity contribution is 9.10. The first kappa shape index (κ1) is 13.6. The number of hydrogen-bond acceptors (Lipinski definition) is 3. The number of aliphatic hydroxyl groups excluding tert-OH is 1. The molecule has 0 aliphatic rings. The van der Waals surface area contributed by atoms with Crippen LogP contribution in [-0.4, -0.2) is 31.5 Å². The van der Waals surface area contributed by atoms with Gasteiger partial charge >= 0.3 is 0 Å². The van der Waals surface area contributed by atoms with Crippen LogP contribution in [0.1, 0.15) is 18.5 Å². The lowest BCUT2D eigenvalue weighted by molar-refractivity contribution is 0.0928. The van der Waals surface area contributed by atoms with Crippen molar-refractivity contribution in [1.82, 2.24) is 5.32 Å². The Morgan fingerprint density at radius 1 is 1.38 bits per heavy atom. The van der Waals surface area contributed by atoms with Crippen molar-refractivity contribution in [2.75, 3.05) is 26.4 Å². The zero-order chi connectivity index (χ0) is 11.8. The summed E-state index contributed by atoms with van der Waals surface area (Å²) in [6.45, 7) is 4.01. The van der Waals surface area contributed by atoms with Gasteiger partial charge in [-0.2, -0.15) is 0 Å². The molecule has 0 bridgehead atoms. The fourth-order valence-electron chi connectivity index (χ4n) is 1.45. The maximum atomic E-state index is 8.54. The second-order valence-corrected chi connectivity index (χ2v) is 4.39. The Balaban J connectivity index is 2.30. The molecule has 4 heteroatoms. The van der Waals surface area contributed by atoms with Gasteiger partial charge in [0.25, 0.3) is 0 Å². The molecule has 0 unspecified atom stereocenters. The summed E-state index contributed by atoms with van der Waals surface area (Å²) >= 11 is 3.53. The maximum Gasteiger partial charge on any atom is 0.0698 e. The van der Waals surface area contributed by atoms with E-state index in [1.807, 2.05) is 18.2 Å². The van der Waals surface area contributed by atoms with Crippen molar-refractivity contribution in [2.24, 2.45) is 0 Å². The number of ether oxygens (including phenoxy) is 1. The standard InChI is InChI=1S/C12H18BrNO2/c1-10(14-6-8-16-9-7-15)11-4-2-3-5-12(11)13/h2-5,10,14-15H,6-9H2,1H3/t10-/m0/s1. The fourth-order valence-corrected chi connectivity index (χ4v) is 2.08. The Bertz CT molecular complexity index is 307. The van der Waals surface area contributed by atoms with E-state index in [4.69, 9.17) is 9.84 Å². The molecule has 3 nitrogen and oxygen atoms in total. The highest BCUT2D eigenvalue weighted by Gasteiger charge is 2.06. The van der Waals surface area contributed by atoms with Crippen LogP contribution in [0.15, 0.2) is 28.7 Å². The number of aliphatic hydroxyl groups is 1. The summed E-state index contributed by atoms with van der Waals surface area (Å²) in [5, 5.41) is 11.9. The minimum absolute atomic E-state index is 0.0831. The smallest absolute Gasteiger partial charge is 0.0698 e. The molecule has 0 saturated heterocycles. The minimum Gasteiger partial charge on any atom is -0.394 e. The highest BCUT2D eigenvalue weighted by atomic mass is 79.9. The Morgan fingerprint density at radius 3 is 2.81 bits per heavy atom. The Morgan fingerprint density at radius 2 is 2.12 bits per heavy atom. The van der Waals surface area contributed by atoms with Crippen molar-refractivity contribution in [2.45, 2.75) is 13.0 Å². The molecule has 1 rings (SSSR count). The third kappa shape index (κ3) is 4.61. The molecule has 0 spiro atoms. The molecule has 0 amide bonds. The van der Waals surface area contributed by atoms with Crippen molar-refractivity contribution < 1.29 is 9.84 Å². The quantitative estimate of drug-likeness (QED) is 0.755. The molecule has 2 N–H and O–H groups in total. The average molecular weight is 288 g/mol. The topological polar surface area (TPSA) is 41.5 Å². The second kappa shape index (κ2) is 7.79. The number of halogens is 1. The van der Waals surface area contributed by atoms with E-state index in [0.29, 0.717) is 13.2 Å². The summed E-state index contributed by atoms with van der Waals surface area (Å²) < 4.78 is 6.29. The Hall–Kier alpha value is -0.420. The van der Waals surface area contributed by atoms with Crippen molar-refractivity contribution in [3.05, 3.63) is 34.3 Å². The molecule has 1 atom stereocenters. The normalized spacial score (nSPS) is 12.7. The largest absolute Gasteiger partial charge is 0.394 e. The molecule has 0 aromatic heterocycles. The van der Waals surface area contributed by atoms with E-state index in [2.05, 4.69) is 34.2 Å². The summed E-state index contributed by atoms with van der Waals surface area (Å²) in [6, 6.07) is 8.45. The average Bonchev–Trinajstić information content (AvgIpc) is 2.29. The van der Waals surface area contributed by atoms with E-state index in [1.165, 1.54) is 5.56 Å². The van der Waals surface area contributed by atoms with Crippen LogP contribution >= 0.6 is 15.9 Å². The van der Waals surface area contributed by atoms with Crippen LogP contribution in [0, 0.1) is 0 Å². The number of rotatable bonds is 7. The van der Waals surface area contributed by atoms with Crippen LogP contribution in [0.3, 0.4) is 0 Å². The van der Waals surface area contributed by atoms with Gasteiger partial charge in [-0.1, -0.05) is 34.1 Å². The predicted molar refractivity (Wildman–Crippen MR) is 68.5 cm³/mol. The van der Waals surface area contributed by atoms with Gasteiger partial charge < -0.3 is 15.2 Å². The predicted octanol–water partition coefficient (Wildman–Crippen LogP) is 2.11. The molecule has 0 aliphatic heterocycles. The van der Waals surface area contributed by atoms with E-state index >= 15 is 0 Å². The van der Waals surface area contributed by atoms with E-state index in [9.17, 15) is 0 Å². The molecule has 0 heterocycles. The lowest BCUT2D eigenvalue weighted by Crippen LogP contribution is -2.24. The Labute approximate surface area is 105 Å². The van der Waals surface area contributed by atoms with Gasteiger partial charge in [-0.25, -0.2) is 0 Å². The van der Waals surface area contributed by atoms with E-state index < -0.39 is 0 Å². The zero-order valence-electron chi connectivity index (χ0n) is 9.45. The summed E-state index contributed by atoms with van der Waals surface area (Å²) in [7, 11) is 0. The number of hydrogen-bond donors (Lipinski definition) is 2. The molecular formula is C12H18BrNO2. The van der Waals surface area contributed by atoms with Crippen molar-refractivity contribution in [1.29, 1.82) is 0 Å². The third-order valence-electron chi connectivity index (χ3n) is 2.30. The van der Waals surface area contributed by atoms with Gasteiger partial charge in [-0.3, -0.25) is 0 Å². The molecule has 0 aliphatic carbocycles. The molecule has 1 aromatic rings. The molecule has 1 aromatic carbocycles. The van der Waals surface area contributed by atoms with Crippen LogP contribution in [0.25, 0.3) is 0 Å². The Kier molecular flexibility index (Phi) is 6.64. The van der Waals surface area contributed by atoms with Gasteiger partial charge in [0.05, 0.1) is 19.8 Å². The van der Waals surface area contributed by atoms with Crippen molar-refractivity contribution in [3.63, 3.8) is 0 Å². The van der Waals surface area contributed by atoms with Crippen LogP contribution < -0.4 is 5.32 Å². The molecule has 16 heavy (non-hydrogen) atoms. The first-order chi connectivity index (χ1) is 7.75. The monoisotopic (exact) mass is 287 g/mol. The molecule has 0 saturated carbocycles. The zero-order valence-corrected chi connectivity index (χ0v) is 11.0. The first-order valence-corrected chi connectivity index (χ1v) is 6.21. The van der Waals surface area contributed by atoms with Crippen molar-refractivity contribution in [3.8, 4) is 0 Å². The summed E-state index contributed by atoms with van der Waals surface area (Å²) in [6.07, 6.45) is 0. The third-order valence-corrected chi connectivity index (χ3v) is 3.03. The minimum atomic E-state index is 0.0831. The highest BCUT2D eigenvalue weighted by Crippen LogP contribution is 2.22. The number of nitrogens with one attached hydrogen (secondary N) is 1. The maximum absolute atomic E-state index is 8.54. The lowest BCUT2D eigenvalue weighted by Gasteiger charge is -2.15. The van der Waals surface area contributed by atoms with Crippen LogP contribution in [0.2, 0.25) is 0 Å². The molecule has 90 valence electrons. The molecule has 0 radical (unpaired) electrons. The fraction of sp³-hybridized carbons (Fsp3) is 0.500. The van der Waals surface area contributed by atoms with Gasteiger partial charge in [0.2, 0.25) is 0 Å². The summed E-state index contributed by atoms with van der Waals surface area (Å²) in [5.41, 5.74) is 1.24. The summed E-state index contributed by atoms with van der Waals surface area (Å²) in [4.78, 5) is 0. The van der Waals surface area contributed by atoms with Gasteiger partial charge in [0.15, 0.2) is 0 Å². The van der Waals surface area contributed by atoms with E-state index in [-0.39, 0.29) is 12.6 Å². The van der Waals surface area contributed by atoms with Gasteiger partial charge in [0, 0.05) is 17.1 Å². The lowest BCUT2D eigenvalue weighted by atomic mass is 10.1. The van der Waals surface area contributed by atoms with Gasteiger partial charge in [0.1, 0.15) is 0 Å². The van der Waals surface area contributed by atoms with Crippen molar-refractivity contribution >= 4 is 15.9 Å². The van der Waals surface area contributed by atoms with Gasteiger partial charge in [-0.15, -0.1) is 0 Å². The SMILES string of the molecule is C[C@H](NCCOCCO)c1ccccc1Br. The van der Waals surface area contributed by atoms with Gasteiger partial charge in [-0.05, 0) is 18.6 Å². The van der Waals surface area contributed by atoms with E-state index in [1.54, 1.807) is 0 Å². The first-order valence-electron chi connectivity index (χ1n) is 5.42. The van der Waals surface area contributed by atoms with E-state index in [0.717, 1.165) is 11.0 Å². The molecule has 0 fully saturated rings. The second-order valence-electron chi connectivity index (χ2n) is 3.53. The summed E-state index contributed by atoms with van der Waals surface area (Å²) in [5.74, 6) is 0. The molecular weight excluding hydrogens is 270 g/mol. The van der Waals surface area contributed by atoms with Crippen LogP contribution in [-0.2, 0) is 4.74 Å². The number of benzene rings is 1. The van der Waals surface area contributed by atoms with Crippen LogP contribution in [0.5, 0.6) is 0 Å².